The Kier molecular flexibility index (Phi) is 7.12. The number of nitrogens with one attached hydrogen (secondary N) is 1. The standard InChI is InChI=1S/C14H14F3N5O2.ClH/c15-14(16,17)24-10-5-3-9(4-6-10)21-13(19)22-12(18)20-8-11-2-1-7-23-11;/h1-7H,8H2,(H5,18,19,20,21,22);1H. The quantitative estimate of drug-likeness (QED) is 0.560. The molecule has 0 fully saturated rings. The van der Waals surface area contributed by atoms with E-state index in [0.717, 1.165) is 12.1 Å². The minimum atomic E-state index is -4.74. The van der Waals surface area contributed by atoms with Gasteiger partial charge in [0.25, 0.3) is 0 Å². The molecule has 136 valence electrons. The maximum absolute atomic E-state index is 12.1. The van der Waals surface area contributed by atoms with Gasteiger partial charge in [-0.2, -0.15) is 4.99 Å². The highest BCUT2D eigenvalue weighted by Gasteiger charge is 2.30. The van der Waals surface area contributed by atoms with Crippen molar-refractivity contribution in [3.8, 4) is 5.75 Å². The third kappa shape index (κ3) is 7.48. The summed E-state index contributed by atoms with van der Waals surface area (Å²) in [6.45, 7) is 0.207. The van der Waals surface area contributed by atoms with Crippen LogP contribution in [0.15, 0.2) is 57.1 Å². The van der Waals surface area contributed by atoms with Crippen molar-refractivity contribution in [2.45, 2.75) is 12.9 Å². The molecule has 5 N–H and O–H groups in total. The van der Waals surface area contributed by atoms with Gasteiger partial charge in [0.2, 0.25) is 11.9 Å². The van der Waals surface area contributed by atoms with Gasteiger partial charge in [0.1, 0.15) is 18.1 Å². The van der Waals surface area contributed by atoms with E-state index in [9.17, 15) is 13.2 Å². The first-order valence-electron chi connectivity index (χ1n) is 6.61. The van der Waals surface area contributed by atoms with E-state index in [1.54, 1.807) is 12.1 Å². The molecule has 0 unspecified atom stereocenters. The molecule has 2 aromatic rings. The number of nitrogens with two attached hydrogens (primary N) is 2. The largest absolute Gasteiger partial charge is 0.573 e. The molecule has 0 spiro atoms. The predicted octanol–water partition coefficient (Wildman–Crippen LogP) is 2.84. The molecule has 0 bridgehead atoms. The molecule has 0 aliphatic heterocycles. The lowest BCUT2D eigenvalue weighted by Crippen LogP contribution is -2.26. The number of rotatable bonds is 4. The summed E-state index contributed by atoms with van der Waals surface area (Å²) < 4.78 is 45.0. The Bertz CT molecular complexity index is 715. The van der Waals surface area contributed by atoms with Crippen molar-refractivity contribution >= 4 is 30.0 Å². The molecule has 0 amide bonds. The van der Waals surface area contributed by atoms with Gasteiger partial charge in [0.15, 0.2) is 0 Å². The number of furan rings is 1. The van der Waals surface area contributed by atoms with Crippen LogP contribution in [0.2, 0.25) is 0 Å². The normalized spacial score (nSPS) is 12.4. The fourth-order valence-corrected chi connectivity index (χ4v) is 1.64. The van der Waals surface area contributed by atoms with Gasteiger partial charge in [-0.05, 0) is 36.4 Å². The number of hydrogen-bond donors (Lipinski definition) is 3. The highest BCUT2D eigenvalue weighted by Crippen LogP contribution is 2.23. The van der Waals surface area contributed by atoms with E-state index >= 15 is 0 Å². The number of alkyl halides is 3. The van der Waals surface area contributed by atoms with Crippen molar-refractivity contribution in [3.05, 3.63) is 48.4 Å². The van der Waals surface area contributed by atoms with Crippen molar-refractivity contribution in [1.82, 2.24) is 0 Å². The molecular formula is C14H15ClF3N5O2. The van der Waals surface area contributed by atoms with Crippen LogP contribution in [0.25, 0.3) is 0 Å². The average molecular weight is 378 g/mol. The van der Waals surface area contributed by atoms with E-state index in [0.29, 0.717) is 11.4 Å². The van der Waals surface area contributed by atoms with Crippen LogP contribution >= 0.6 is 12.4 Å². The van der Waals surface area contributed by atoms with Crippen molar-refractivity contribution in [2.24, 2.45) is 21.5 Å². The number of aliphatic imine (C=N–C) groups is 2. The predicted molar refractivity (Wildman–Crippen MR) is 89.7 cm³/mol. The zero-order chi connectivity index (χ0) is 17.6. The van der Waals surface area contributed by atoms with Crippen LogP contribution in [-0.2, 0) is 6.54 Å². The van der Waals surface area contributed by atoms with Gasteiger partial charge in [-0.15, -0.1) is 25.6 Å². The topological polar surface area (TPSA) is 111 Å². The van der Waals surface area contributed by atoms with Crippen LogP contribution in [0, 0.1) is 0 Å². The maximum Gasteiger partial charge on any atom is 0.573 e. The SMILES string of the molecule is Cl.NC(=NCc1ccco1)N=C(N)Nc1ccc(OC(F)(F)F)cc1. The fourth-order valence-electron chi connectivity index (χ4n) is 1.64. The minimum Gasteiger partial charge on any atom is -0.467 e. The lowest BCUT2D eigenvalue weighted by Gasteiger charge is -2.10. The summed E-state index contributed by atoms with van der Waals surface area (Å²) in [5.74, 6) is 0.122. The second-order valence-corrected chi connectivity index (χ2v) is 4.45. The summed E-state index contributed by atoms with van der Waals surface area (Å²) >= 11 is 0. The Morgan fingerprint density at radius 1 is 1.16 bits per heavy atom. The minimum absolute atomic E-state index is 0. The molecule has 0 aliphatic rings. The van der Waals surface area contributed by atoms with Crippen molar-refractivity contribution in [1.29, 1.82) is 0 Å². The van der Waals surface area contributed by atoms with Crippen LogP contribution < -0.4 is 21.5 Å². The summed E-state index contributed by atoms with van der Waals surface area (Å²) in [4.78, 5) is 7.76. The molecule has 1 aromatic heterocycles. The summed E-state index contributed by atoms with van der Waals surface area (Å²) in [6, 6.07) is 8.41. The van der Waals surface area contributed by atoms with Crippen molar-refractivity contribution in [3.63, 3.8) is 0 Å². The van der Waals surface area contributed by atoms with Crippen LogP contribution in [-0.4, -0.2) is 18.3 Å². The first-order valence-corrected chi connectivity index (χ1v) is 6.61. The fraction of sp³-hybridized carbons (Fsp3) is 0.143. The molecule has 0 aliphatic carbocycles. The first-order chi connectivity index (χ1) is 11.3. The monoisotopic (exact) mass is 377 g/mol. The number of ether oxygens (including phenoxy) is 1. The number of anilines is 1. The smallest absolute Gasteiger partial charge is 0.467 e. The number of hydrogen-bond acceptors (Lipinski definition) is 3. The van der Waals surface area contributed by atoms with E-state index < -0.39 is 6.36 Å². The highest BCUT2D eigenvalue weighted by molar-refractivity contribution is 6.00. The summed E-state index contributed by atoms with van der Waals surface area (Å²) in [5, 5.41) is 2.66. The molecule has 0 atom stereocenters. The van der Waals surface area contributed by atoms with Crippen LogP contribution in [0.5, 0.6) is 5.75 Å². The molecule has 2 rings (SSSR count). The van der Waals surface area contributed by atoms with Crippen molar-refractivity contribution < 1.29 is 22.3 Å². The first kappa shape index (κ1) is 20.2. The lowest BCUT2D eigenvalue weighted by atomic mass is 10.3. The summed E-state index contributed by atoms with van der Waals surface area (Å²) in [6.07, 6.45) is -3.24. The number of benzene rings is 1. The van der Waals surface area contributed by atoms with Gasteiger partial charge in [-0.3, -0.25) is 0 Å². The van der Waals surface area contributed by atoms with E-state index in [-0.39, 0.29) is 36.6 Å². The average Bonchev–Trinajstić information content (AvgIpc) is 2.99. The molecule has 0 saturated carbocycles. The number of nitrogens with zero attached hydrogens (tertiary/aromatic N) is 2. The Morgan fingerprint density at radius 3 is 2.40 bits per heavy atom. The molecule has 0 radical (unpaired) electrons. The maximum atomic E-state index is 12.1. The summed E-state index contributed by atoms with van der Waals surface area (Å²) in [7, 11) is 0. The van der Waals surface area contributed by atoms with E-state index in [4.69, 9.17) is 15.9 Å². The molecular weight excluding hydrogens is 363 g/mol. The van der Waals surface area contributed by atoms with Crippen molar-refractivity contribution in [2.75, 3.05) is 5.32 Å². The van der Waals surface area contributed by atoms with Gasteiger partial charge >= 0.3 is 6.36 Å². The van der Waals surface area contributed by atoms with Crippen LogP contribution in [0.3, 0.4) is 0 Å². The zero-order valence-corrected chi connectivity index (χ0v) is 13.5. The van der Waals surface area contributed by atoms with Gasteiger partial charge in [0.05, 0.1) is 6.26 Å². The highest BCUT2D eigenvalue weighted by atomic mass is 35.5. The van der Waals surface area contributed by atoms with Gasteiger partial charge < -0.3 is 25.9 Å². The molecule has 1 heterocycles. The Labute approximate surface area is 147 Å². The Morgan fingerprint density at radius 2 is 1.84 bits per heavy atom. The van der Waals surface area contributed by atoms with E-state index in [1.807, 2.05) is 0 Å². The molecule has 7 nitrogen and oxygen atoms in total. The van der Waals surface area contributed by atoms with E-state index in [1.165, 1.54) is 18.4 Å². The molecule has 1 aromatic carbocycles. The number of halogens is 4. The zero-order valence-electron chi connectivity index (χ0n) is 12.7. The second kappa shape index (κ2) is 8.83. The van der Waals surface area contributed by atoms with Crippen LogP contribution in [0.1, 0.15) is 5.76 Å². The third-order valence-electron chi connectivity index (χ3n) is 2.57. The number of guanidine groups is 2. The Balaban J connectivity index is 0.00000312. The van der Waals surface area contributed by atoms with E-state index in [2.05, 4.69) is 20.0 Å². The lowest BCUT2D eigenvalue weighted by molar-refractivity contribution is -0.274. The third-order valence-corrected chi connectivity index (χ3v) is 2.57. The molecule has 0 saturated heterocycles. The van der Waals surface area contributed by atoms with Gasteiger partial charge in [-0.25, -0.2) is 4.99 Å². The summed E-state index contributed by atoms with van der Waals surface area (Å²) in [5.41, 5.74) is 11.6. The molecule has 11 heteroatoms. The second-order valence-electron chi connectivity index (χ2n) is 4.45. The van der Waals surface area contributed by atoms with Gasteiger partial charge in [0, 0.05) is 5.69 Å². The van der Waals surface area contributed by atoms with Crippen LogP contribution in [0.4, 0.5) is 18.9 Å². The molecule has 25 heavy (non-hydrogen) atoms. The van der Waals surface area contributed by atoms with Gasteiger partial charge in [-0.1, -0.05) is 0 Å². The Hall–Kier alpha value is -2.88.